The number of hydrogen-bond donors (Lipinski definition) is 4. The number of carbonyl (C=O) groups excluding carboxylic acids is 3. The van der Waals surface area contributed by atoms with E-state index in [1.165, 1.54) is 22.4 Å². The molecule has 2 fully saturated rings. The maximum atomic E-state index is 13.8. The Morgan fingerprint density at radius 3 is 2.58 bits per heavy atom. The Bertz CT molecular complexity index is 1350. The van der Waals surface area contributed by atoms with Gasteiger partial charge >= 0.3 is 0 Å². The van der Waals surface area contributed by atoms with Gasteiger partial charge in [-0.3, -0.25) is 14.4 Å². The van der Waals surface area contributed by atoms with Crippen LogP contribution in [0.25, 0.3) is 5.69 Å². The summed E-state index contributed by atoms with van der Waals surface area (Å²) in [4.78, 5) is 46.1. The number of likely N-dealkylation sites (tertiary alicyclic amines) is 1. The Kier molecular flexibility index (Phi) is 7.86. The SMILES string of the molecule is CC(C)(C)[C@H](NC(=O)c1cnc(NC2CC2)s1)C(=O)N1C[C@H](O)C[C@H]1C(=O)NCc1ccc(-n2ccnn2)cc1. The number of anilines is 1. The number of nitrogens with one attached hydrogen (secondary N) is 3. The zero-order chi connectivity index (χ0) is 28.4. The summed E-state index contributed by atoms with van der Waals surface area (Å²) in [6.45, 7) is 5.84. The van der Waals surface area contributed by atoms with Gasteiger partial charge in [-0.15, -0.1) is 5.10 Å². The smallest absolute Gasteiger partial charge is 0.263 e. The average Bonchev–Trinajstić information content (AvgIpc) is 3.29. The normalized spacial score (nSPS) is 19.8. The van der Waals surface area contributed by atoms with Crippen molar-refractivity contribution in [1.29, 1.82) is 0 Å². The molecule has 3 heterocycles. The minimum atomic E-state index is -0.910. The number of thiazole rings is 1. The number of carbonyl (C=O) groups is 3. The number of hydrogen-bond acceptors (Lipinski definition) is 9. The third-order valence-electron chi connectivity index (χ3n) is 6.98. The number of aliphatic hydroxyl groups excluding tert-OH is 1. The van der Waals surface area contributed by atoms with Crippen molar-refractivity contribution in [3.05, 3.63) is 53.3 Å². The Balaban J connectivity index is 1.23. The van der Waals surface area contributed by atoms with E-state index in [9.17, 15) is 19.5 Å². The molecule has 1 saturated heterocycles. The van der Waals surface area contributed by atoms with Gasteiger partial charge in [0.05, 0.1) is 30.4 Å². The van der Waals surface area contributed by atoms with E-state index in [0.717, 1.165) is 24.1 Å². The lowest BCUT2D eigenvalue weighted by molar-refractivity contribution is -0.142. The van der Waals surface area contributed by atoms with Gasteiger partial charge in [-0.05, 0) is 36.0 Å². The summed E-state index contributed by atoms with van der Waals surface area (Å²) in [5.41, 5.74) is 1.06. The first kappa shape index (κ1) is 27.7. The second-order valence-corrected chi connectivity index (χ2v) is 12.4. The van der Waals surface area contributed by atoms with Crippen LogP contribution in [0.5, 0.6) is 0 Å². The van der Waals surface area contributed by atoms with Crippen molar-refractivity contribution >= 4 is 34.2 Å². The van der Waals surface area contributed by atoms with E-state index in [4.69, 9.17) is 0 Å². The van der Waals surface area contributed by atoms with Gasteiger partial charge in [-0.25, -0.2) is 9.67 Å². The van der Waals surface area contributed by atoms with E-state index in [2.05, 4.69) is 31.2 Å². The van der Waals surface area contributed by atoms with Crippen LogP contribution in [0.1, 0.15) is 55.3 Å². The maximum Gasteiger partial charge on any atom is 0.263 e. The van der Waals surface area contributed by atoms with Crippen LogP contribution in [0.4, 0.5) is 5.13 Å². The van der Waals surface area contributed by atoms with Gasteiger partial charge in [0.15, 0.2) is 5.13 Å². The molecule has 2 aliphatic rings. The fraction of sp³-hybridized carbons (Fsp3) is 0.481. The van der Waals surface area contributed by atoms with E-state index in [-0.39, 0.29) is 25.4 Å². The molecule has 1 saturated carbocycles. The minimum Gasteiger partial charge on any atom is -0.391 e. The van der Waals surface area contributed by atoms with Crippen molar-refractivity contribution in [2.24, 2.45) is 5.41 Å². The molecular formula is C27H34N8O4S. The molecule has 3 aromatic rings. The summed E-state index contributed by atoms with van der Waals surface area (Å²) in [5.74, 6) is -1.16. The van der Waals surface area contributed by atoms with Crippen LogP contribution in [0.3, 0.4) is 0 Å². The Morgan fingerprint density at radius 1 is 1.18 bits per heavy atom. The molecule has 2 aromatic heterocycles. The predicted molar refractivity (Wildman–Crippen MR) is 149 cm³/mol. The standard InChI is InChI=1S/C27H34N8O4S/c1-27(2,3)22(32-24(38)21-14-29-26(40-21)31-17-6-7-17)25(39)34-15-19(36)12-20(34)23(37)28-13-16-4-8-18(9-5-16)35-11-10-30-33-35/h4-5,8-11,14,17,19-20,22,36H,6-7,12-13,15H2,1-3H3,(H,28,37)(H,29,31)(H,32,38)/t19-,20+,22-/m1/s1. The molecule has 3 amide bonds. The van der Waals surface area contributed by atoms with Gasteiger partial charge in [0.25, 0.3) is 5.91 Å². The fourth-order valence-corrected chi connectivity index (χ4v) is 5.39. The van der Waals surface area contributed by atoms with Crippen molar-refractivity contribution in [3.8, 4) is 5.69 Å². The number of amides is 3. The number of β-amino-alcohol motifs (C(OH)–C–C–N with tert-alkyl or cyclic N) is 1. The predicted octanol–water partition coefficient (Wildman–Crippen LogP) is 1.72. The van der Waals surface area contributed by atoms with Crippen molar-refractivity contribution in [3.63, 3.8) is 0 Å². The summed E-state index contributed by atoms with van der Waals surface area (Å²) in [5, 5.41) is 27.9. The maximum absolute atomic E-state index is 13.8. The molecule has 0 radical (unpaired) electrons. The second-order valence-electron chi connectivity index (χ2n) is 11.3. The number of nitrogens with zero attached hydrogens (tertiary/aromatic N) is 5. The van der Waals surface area contributed by atoms with Crippen molar-refractivity contribution in [1.82, 2.24) is 35.5 Å². The first-order valence-corrected chi connectivity index (χ1v) is 14.2. The zero-order valence-electron chi connectivity index (χ0n) is 22.7. The average molecular weight is 567 g/mol. The van der Waals surface area contributed by atoms with Crippen LogP contribution >= 0.6 is 11.3 Å². The summed E-state index contributed by atoms with van der Waals surface area (Å²) >= 11 is 1.25. The number of aliphatic hydroxyl groups is 1. The van der Waals surface area contributed by atoms with Crippen LogP contribution in [0.15, 0.2) is 42.9 Å². The van der Waals surface area contributed by atoms with Gasteiger partial charge in [0.1, 0.15) is 17.0 Å². The summed E-state index contributed by atoms with van der Waals surface area (Å²) in [6, 6.07) is 6.14. The first-order chi connectivity index (χ1) is 19.1. The lowest BCUT2D eigenvalue weighted by Crippen LogP contribution is -2.57. The molecule has 0 spiro atoms. The molecule has 12 nitrogen and oxygen atoms in total. The van der Waals surface area contributed by atoms with Crippen LogP contribution in [-0.2, 0) is 16.1 Å². The van der Waals surface area contributed by atoms with Crippen LogP contribution in [0.2, 0.25) is 0 Å². The first-order valence-electron chi connectivity index (χ1n) is 13.3. The van der Waals surface area contributed by atoms with E-state index in [1.54, 1.807) is 17.1 Å². The highest BCUT2D eigenvalue weighted by Gasteiger charge is 2.44. The van der Waals surface area contributed by atoms with Crippen LogP contribution in [0, 0.1) is 5.41 Å². The fourth-order valence-electron chi connectivity index (χ4n) is 4.59. The molecule has 212 valence electrons. The third kappa shape index (κ3) is 6.48. The molecule has 1 aliphatic heterocycles. The van der Waals surface area contributed by atoms with E-state index in [0.29, 0.717) is 16.1 Å². The van der Waals surface area contributed by atoms with Crippen LogP contribution < -0.4 is 16.0 Å². The largest absolute Gasteiger partial charge is 0.391 e. The Hall–Kier alpha value is -3.84. The molecular weight excluding hydrogens is 532 g/mol. The highest BCUT2D eigenvalue weighted by Crippen LogP contribution is 2.29. The highest BCUT2D eigenvalue weighted by atomic mass is 32.1. The van der Waals surface area contributed by atoms with Gasteiger partial charge in [-0.1, -0.05) is 49.5 Å². The molecule has 40 heavy (non-hydrogen) atoms. The van der Waals surface area contributed by atoms with E-state index >= 15 is 0 Å². The lowest BCUT2D eigenvalue weighted by atomic mass is 9.85. The van der Waals surface area contributed by atoms with Crippen molar-refractivity contribution < 1.29 is 19.5 Å². The second kappa shape index (κ2) is 11.3. The summed E-state index contributed by atoms with van der Waals surface area (Å²) in [7, 11) is 0. The molecule has 1 aromatic carbocycles. The summed E-state index contributed by atoms with van der Waals surface area (Å²) < 4.78 is 1.63. The quantitative estimate of drug-likeness (QED) is 0.305. The van der Waals surface area contributed by atoms with Crippen LogP contribution in [-0.4, -0.2) is 78.5 Å². The monoisotopic (exact) mass is 566 g/mol. The number of rotatable bonds is 9. The topological polar surface area (TPSA) is 154 Å². The van der Waals surface area contributed by atoms with Gasteiger partial charge in [0, 0.05) is 25.6 Å². The third-order valence-corrected chi connectivity index (χ3v) is 7.91. The van der Waals surface area contributed by atoms with E-state index < -0.39 is 35.4 Å². The number of benzene rings is 1. The Morgan fingerprint density at radius 2 is 1.93 bits per heavy atom. The van der Waals surface area contributed by atoms with Gasteiger partial charge in [0.2, 0.25) is 11.8 Å². The van der Waals surface area contributed by atoms with Gasteiger partial charge in [-0.2, -0.15) is 0 Å². The van der Waals surface area contributed by atoms with E-state index in [1.807, 2.05) is 45.0 Å². The molecule has 4 N–H and O–H groups in total. The molecule has 0 unspecified atom stereocenters. The highest BCUT2D eigenvalue weighted by molar-refractivity contribution is 7.17. The number of aromatic nitrogens is 4. The summed E-state index contributed by atoms with van der Waals surface area (Å²) in [6.07, 6.45) is 6.30. The Labute approximate surface area is 236 Å². The van der Waals surface area contributed by atoms with Crippen molar-refractivity contribution in [2.75, 3.05) is 11.9 Å². The lowest BCUT2D eigenvalue weighted by Gasteiger charge is -2.35. The molecule has 5 rings (SSSR count). The molecule has 1 aliphatic carbocycles. The molecule has 13 heteroatoms. The molecule has 3 atom stereocenters. The zero-order valence-corrected chi connectivity index (χ0v) is 23.5. The molecule has 0 bridgehead atoms. The van der Waals surface area contributed by atoms with Gasteiger partial charge < -0.3 is 26.0 Å². The van der Waals surface area contributed by atoms with Crippen molar-refractivity contribution in [2.45, 2.75) is 70.8 Å². The minimum absolute atomic E-state index is 0.0159.